The van der Waals surface area contributed by atoms with Crippen molar-refractivity contribution in [3.8, 4) is 5.75 Å². The van der Waals surface area contributed by atoms with Crippen LogP contribution in [0, 0.1) is 5.82 Å². The Balaban J connectivity index is 1.38. The van der Waals surface area contributed by atoms with E-state index in [2.05, 4.69) is 10.1 Å². The number of halogens is 1. The third-order valence-electron chi connectivity index (χ3n) is 3.48. The van der Waals surface area contributed by atoms with Crippen molar-refractivity contribution in [1.82, 2.24) is 15.0 Å². The molecule has 1 fully saturated rings. The Kier molecular flexibility index (Phi) is 6.05. The first-order valence-corrected chi connectivity index (χ1v) is 8.86. The molecule has 1 aromatic heterocycles. The normalized spacial score (nSPS) is 13.9. The maximum Gasteiger partial charge on any atom is 0.308 e. The number of carbonyl (C=O) groups is 2. The highest BCUT2D eigenvalue weighted by Gasteiger charge is 2.21. The van der Waals surface area contributed by atoms with Gasteiger partial charge in [0.2, 0.25) is 5.82 Å². The Bertz CT molecular complexity index is 768. The molecular formula is C16H16FN3O5S. The van der Waals surface area contributed by atoms with E-state index in [9.17, 15) is 14.0 Å². The molecule has 0 spiro atoms. The van der Waals surface area contributed by atoms with E-state index in [0.29, 0.717) is 18.8 Å². The minimum atomic E-state index is -0.447. The topological polar surface area (TPSA) is 94.8 Å². The van der Waals surface area contributed by atoms with Gasteiger partial charge in [-0.2, -0.15) is 4.98 Å². The Morgan fingerprint density at radius 1 is 1.31 bits per heavy atom. The lowest BCUT2D eigenvalue weighted by molar-refractivity contribution is -0.145. The fraction of sp³-hybridized carbons (Fsp3) is 0.375. The van der Waals surface area contributed by atoms with Crippen LogP contribution in [0.1, 0.15) is 18.1 Å². The predicted octanol–water partition coefficient (Wildman–Crippen LogP) is 2.39. The molecule has 138 valence electrons. The van der Waals surface area contributed by atoms with Crippen LogP contribution in [0.15, 0.2) is 28.8 Å². The van der Waals surface area contributed by atoms with Crippen molar-refractivity contribution < 1.29 is 28.0 Å². The fourth-order valence-corrected chi connectivity index (χ4v) is 3.01. The lowest BCUT2D eigenvalue weighted by Gasteiger charge is -2.13. The molecule has 26 heavy (non-hydrogen) atoms. The summed E-state index contributed by atoms with van der Waals surface area (Å²) in [4.78, 5) is 28.8. The van der Waals surface area contributed by atoms with E-state index in [1.807, 2.05) is 0 Å². The number of aromatic nitrogens is 2. The second-order valence-electron chi connectivity index (χ2n) is 5.36. The van der Waals surface area contributed by atoms with E-state index in [1.54, 1.807) is 4.90 Å². The molecule has 1 aliphatic rings. The third kappa shape index (κ3) is 5.19. The number of thioether (sulfide) groups is 1. The molecule has 0 radical (unpaired) electrons. The molecule has 1 saturated heterocycles. The van der Waals surface area contributed by atoms with Crippen molar-refractivity contribution in [3.05, 3.63) is 41.8 Å². The molecule has 0 saturated carbocycles. The molecule has 1 aliphatic heterocycles. The summed E-state index contributed by atoms with van der Waals surface area (Å²) in [6.45, 7) is 0.881. The zero-order valence-corrected chi connectivity index (χ0v) is 14.5. The number of nitrogens with zero attached hydrogens (tertiary/aromatic N) is 3. The average Bonchev–Trinajstić information content (AvgIpc) is 3.26. The number of hydrogen-bond acceptors (Lipinski definition) is 8. The number of hydrogen-bond donors (Lipinski definition) is 0. The van der Waals surface area contributed by atoms with Crippen LogP contribution in [0.5, 0.6) is 5.75 Å². The molecule has 2 heterocycles. The predicted molar refractivity (Wildman–Crippen MR) is 88.9 cm³/mol. The molecule has 0 aliphatic carbocycles. The minimum Gasteiger partial charge on any atom is -0.485 e. The highest BCUT2D eigenvalue weighted by molar-refractivity contribution is 8.13. The molecule has 0 atom stereocenters. The van der Waals surface area contributed by atoms with Crippen molar-refractivity contribution in [2.75, 3.05) is 18.8 Å². The van der Waals surface area contributed by atoms with Gasteiger partial charge in [0.25, 0.3) is 11.1 Å². The SMILES string of the molecule is O=C(CCN1CCSC1=O)OCc1nc(COc2ccc(F)cc2)no1. The van der Waals surface area contributed by atoms with E-state index in [1.165, 1.54) is 36.0 Å². The monoisotopic (exact) mass is 381 g/mol. The molecule has 1 aromatic carbocycles. The Labute approximate surface area is 152 Å². The van der Waals surface area contributed by atoms with Gasteiger partial charge in [0.1, 0.15) is 11.6 Å². The summed E-state index contributed by atoms with van der Waals surface area (Å²) >= 11 is 1.24. The summed E-state index contributed by atoms with van der Waals surface area (Å²) in [5, 5.41) is 3.70. The number of esters is 1. The van der Waals surface area contributed by atoms with Gasteiger partial charge in [-0.15, -0.1) is 0 Å². The van der Waals surface area contributed by atoms with Gasteiger partial charge in [0.05, 0.1) is 6.42 Å². The van der Waals surface area contributed by atoms with Crippen molar-refractivity contribution >= 4 is 23.0 Å². The van der Waals surface area contributed by atoms with E-state index < -0.39 is 5.97 Å². The van der Waals surface area contributed by atoms with Gasteiger partial charge in [-0.1, -0.05) is 16.9 Å². The Morgan fingerprint density at radius 2 is 2.12 bits per heavy atom. The van der Waals surface area contributed by atoms with Crippen LogP contribution in [0.2, 0.25) is 0 Å². The van der Waals surface area contributed by atoms with Gasteiger partial charge >= 0.3 is 5.97 Å². The van der Waals surface area contributed by atoms with Crippen LogP contribution in [-0.4, -0.2) is 45.1 Å². The molecule has 8 nitrogen and oxygen atoms in total. The van der Waals surface area contributed by atoms with Crippen molar-refractivity contribution in [1.29, 1.82) is 0 Å². The van der Waals surface area contributed by atoms with Gasteiger partial charge in [0, 0.05) is 18.8 Å². The van der Waals surface area contributed by atoms with Gasteiger partial charge < -0.3 is 18.9 Å². The molecule has 10 heteroatoms. The second-order valence-corrected chi connectivity index (χ2v) is 6.41. The van der Waals surface area contributed by atoms with Crippen molar-refractivity contribution in [2.45, 2.75) is 19.6 Å². The van der Waals surface area contributed by atoms with Gasteiger partial charge in [-0.05, 0) is 24.3 Å². The second kappa shape index (κ2) is 8.65. The van der Waals surface area contributed by atoms with Crippen LogP contribution < -0.4 is 4.74 Å². The molecule has 0 N–H and O–H groups in total. The number of benzene rings is 1. The Hall–Kier alpha value is -2.62. The van der Waals surface area contributed by atoms with E-state index in [0.717, 1.165) is 5.75 Å². The van der Waals surface area contributed by atoms with Crippen LogP contribution in [0.4, 0.5) is 9.18 Å². The highest BCUT2D eigenvalue weighted by Crippen LogP contribution is 2.17. The van der Waals surface area contributed by atoms with E-state index >= 15 is 0 Å². The molecular weight excluding hydrogens is 365 g/mol. The maximum absolute atomic E-state index is 12.8. The van der Waals surface area contributed by atoms with Crippen LogP contribution >= 0.6 is 11.8 Å². The smallest absolute Gasteiger partial charge is 0.308 e. The lowest BCUT2D eigenvalue weighted by Crippen LogP contribution is -2.26. The summed E-state index contributed by atoms with van der Waals surface area (Å²) in [6.07, 6.45) is 0.112. The standard InChI is InChI=1S/C16H16FN3O5S/c17-11-1-3-12(4-2-11)23-9-13-18-14(25-19-13)10-24-15(21)5-6-20-7-8-26-16(20)22/h1-4H,5-10H2. The van der Waals surface area contributed by atoms with Gasteiger partial charge in [0.15, 0.2) is 13.2 Å². The first-order chi connectivity index (χ1) is 12.6. The maximum atomic E-state index is 12.8. The fourth-order valence-electron chi connectivity index (χ4n) is 2.16. The van der Waals surface area contributed by atoms with E-state index in [4.69, 9.17) is 14.0 Å². The first kappa shape index (κ1) is 18.2. The zero-order chi connectivity index (χ0) is 18.4. The molecule has 0 bridgehead atoms. The third-order valence-corrected chi connectivity index (χ3v) is 4.37. The summed E-state index contributed by atoms with van der Waals surface area (Å²) in [5.41, 5.74) is 0. The first-order valence-electron chi connectivity index (χ1n) is 7.87. The van der Waals surface area contributed by atoms with Gasteiger partial charge in [-0.25, -0.2) is 4.39 Å². The quantitative estimate of drug-likeness (QED) is 0.643. The summed E-state index contributed by atoms with van der Waals surface area (Å²) < 4.78 is 28.2. The van der Waals surface area contributed by atoms with E-state index in [-0.39, 0.29) is 42.4 Å². The van der Waals surface area contributed by atoms with Crippen molar-refractivity contribution in [3.63, 3.8) is 0 Å². The summed E-state index contributed by atoms with van der Waals surface area (Å²) in [5.74, 6) is 0.840. The summed E-state index contributed by atoms with van der Waals surface area (Å²) in [6, 6.07) is 5.54. The molecule has 3 rings (SSSR count). The number of rotatable bonds is 8. The summed E-state index contributed by atoms with van der Waals surface area (Å²) in [7, 11) is 0. The number of ether oxygens (including phenoxy) is 2. The zero-order valence-electron chi connectivity index (χ0n) is 13.7. The van der Waals surface area contributed by atoms with Crippen LogP contribution in [0.3, 0.4) is 0 Å². The molecule has 2 aromatic rings. The minimum absolute atomic E-state index is 0.0134. The number of amides is 1. The average molecular weight is 381 g/mol. The van der Waals surface area contributed by atoms with Crippen LogP contribution in [-0.2, 0) is 22.7 Å². The number of carbonyl (C=O) groups excluding carboxylic acids is 2. The lowest BCUT2D eigenvalue weighted by atomic mass is 10.3. The van der Waals surface area contributed by atoms with Crippen LogP contribution in [0.25, 0.3) is 0 Å². The Morgan fingerprint density at radius 3 is 2.85 bits per heavy atom. The molecule has 1 amide bonds. The largest absolute Gasteiger partial charge is 0.485 e. The highest BCUT2D eigenvalue weighted by atomic mass is 32.2. The van der Waals surface area contributed by atoms with Crippen molar-refractivity contribution in [2.24, 2.45) is 0 Å². The molecule has 0 unspecified atom stereocenters. The van der Waals surface area contributed by atoms with Gasteiger partial charge in [-0.3, -0.25) is 9.59 Å².